The Morgan fingerprint density at radius 1 is 1.43 bits per heavy atom. The van der Waals surface area contributed by atoms with Crippen molar-refractivity contribution in [3.63, 3.8) is 0 Å². The molecule has 114 valence electrons. The average Bonchev–Trinajstić information content (AvgIpc) is 3.00. The van der Waals surface area contributed by atoms with Crippen molar-refractivity contribution in [2.24, 2.45) is 11.8 Å². The normalized spacial score (nSPS) is 26.8. The van der Waals surface area contributed by atoms with Crippen LogP contribution in [0.15, 0.2) is 18.2 Å². The van der Waals surface area contributed by atoms with Gasteiger partial charge >= 0.3 is 0 Å². The molecule has 2 aliphatic rings. The van der Waals surface area contributed by atoms with Gasteiger partial charge < -0.3 is 15.0 Å². The van der Waals surface area contributed by atoms with E-state index in [9.17, 15) is 9.18 Å². The van der Waals surface area contributed by atoms with Gasteiger partial charge in [0.15, 0.2) is 0 Å². The summed E-state index contributed by atoms with van der Waals surface area (Å²) < 4.78 is 19.1. The van der Waals surface area contributed by atoms with Crippen molar-refractivity contribution in [2.75, 3.05) is 26.7 Å². The number of nitrogens with zero attached hydrogens (tertiary/aromatic N) is 1. The number of hydrogen-bond acceptors (Lipinski definition) is 3. The summed E-state index contributed by atoms with van der Waals surface area (Å²) in [6, 6.07) is 4.40. The zero-order valence-corrected chi connectivity index (χ0v) is 12.6. The van der Waals surface area contributed by atoms with Gasteiger partial charge in [-0.3, -0.25) is 4.79 Å². The summed E-state index contributed by atoms with van der Waals surface area (Å²) in [5, 5.41) is 3.38. The Balaban J connectivity index is 1.89. The molecule has 1 aromatic carbocycles. The molecule has 21 heavy (non-hydrogen) atoms. The molecule has 2 atom stereocenters. The third-order valence-corrected chi connectivity index (χ3v) is 5.01. The van der Waals surface area contributed by atoms with Crippen molar-refractivity contribution in [2.45, 2.75) is 19.4 Å². The molecule has 0 spiro atoms. The van der Waals surface area contributed by atoms with E-state index in [0.717, 1.165) is 13.1 Å². The first kappa shape index (κ1) is 14.3. The summed E-state index contributed by atoms with van der Waals surface area (Å²) >= 11 is 0. The first-order valence-electron chi connectivity index (χ1n) is 7.31. The summed E-state index contributed by atoms with van der Waals surface area (Å²) in [6.07, 6.45) is 0. The van der Waals surface area contributed by atoms with Gasteiger partial charge in [0.1, 0.15) is 11.6 Å². The van der Waals surface area contributed by atoms with Crippen LogP contribution in [0.3, 0.4) is 0 Å². The average molecular weight is 292 g/mol. The number of hydrogen-bond donors (Lipinski definition) is 1. The van der Waals surface area contributed by atoms with E-state index in [0.29, 0.717) is 24.1 Å². The van der Waals surface area contributed by atoms with Crippen LogP contribution in [-0.2, 0) is 0 Å². The molecular weight excluding hydrogens is 271 g/mol. The molecule has 0 aromatic heterocycles. The van der Waals surface area contributed by atoms with Crippen molar-refractivity contribution in [1.29, 1.82) is 0 Å². The fourth-order valence-corrected chi connectivity index (χ4v) is 3.71. The van der Waals surface area contributed by atoms with E-state index < -0.39 is 5.82 Å². The molecule has 2 aliphatic heterocycles. The molecule has 2 heterocycles. The zero-order chi connectivity index (χ0) is 15.2. The standard InChI is InChI=1S/C16H21FN2O2/c1-16(2)13-8-18-7-10(13)9-19(16)15(20)12-5-4-11(21-3)6-14(12)17/h4-6,10,13,18H,7-9H2,1-3H3. The van der Waals surface area contributed by atoms with E-state index in [-0.39, 0.29) is 17.0 Å². The fourth-order valence-electron chi connectivity index (χ4n) is 3.71. The van der Waals surface area contributed by atoms with E-state index in [1.54, 1.807) is 6.07 Å². The molecule has 1 amide bonds. The van der Waals surface area contributed by atoms with Gasteiger partial charge in [0.2, 0.25) is 0 Å². The monoisotopic (exact) mass is 292 g/mol. The Labute approximate surface area is 124 Å². The molecular formula is C16H21FN2O2. The highest BCUT2D eigenvalue weighted by Gasteiger charge is 2.51. The summed E-state index contributed by atoms with van der Waals surface area (Å²) in [5.41, 5.74) is -0.130. The van der Waals surface area contributed by atoms with E-state index >= 15 is 0 Å². The van der Waals surface area contributed by atoms with Gasteiger partial charge in [0.25, 0.3) is 5.91 Å². The number of fused-ring (bicyclic) bond motifs is 1. The molecule has 0 radical (unpaired) electrons. The van der Waals surface area contributed by atoms with Gasteiger partial charge in [0, 0.05) is 31.2 Å². The molecule has 4 nitrogen and oxygen atoms in total. The van der Waals surface area contributed by atoms with Crippen LogP contribution in [0.25, 0.3) is 0 Å². The minimum atomic E-state index is -0.523. The largest absolute Gasteiger partial charge is 0.497 e. The second kappa shape index (κ2) is 4.98. The predicted octanol–water partition coefficient (Wildman–Crippen LogP) is 1.90. The number of carbonyl (C=O) groups excluding carboxylic acids is 1. The maximum Gasteiger partial charge on any atom is 0.257 e. The maximum atomic E-state index is 14.1. The number of carbonyl (C=O) groups is 1. The van der Waals surface area contributed by atoms with E-state index in [2.05, 4.69) is 19.2 Å². The van der Waals surface area contributed by atoms with Crippen molar-refractivity contribution in [3.8, 4) is 5.75 Å². The van der Waals surface area contributed by atoms with Gasteiger partial charge in [-0.25, -0.2) is 4.39 Å². The molecule has 0 aliphatic carbocycles. The molecule has 0 bridgehead atoms. The number of likely N-dealkylation sites (tertiary alicyclic amines) is 1. The Hall–Kier alpha value is -1.62. The summed E-state index contributed by atoms with van der Waals surface area (Å²) in [6.45, 7) is 6.69. The fraction of sp³-hybridized carbons (Fsp3) is 0.562. The first-order valence-corrected chi connectivity index (χ1v) is 7.31. The van der Waals surface area contributed by atoms with Crippen LogP contribution in [0, 0.1) is 17.7 Å². The van der Waals surface area contributed by atoms with Gasteiger partial charge in [-0.15, -0.1) is 0 Å². The summed E-state index contributed by atoms with van der Waals surface area (Å²) in [4.78, 5) is 14.6. The lowest BCUT2D eigenvalue weighted by atomic mass is 9.84. The van der Waals surface area contributed by atoms with Crippen molar-refractivity contribution in [1.82, 2.24) is 10.2 Å². The first-order chi connectivity index (χ1) is 9.95. The third kappa shape index (κ3) is 2.20. The Kier molecular flexibility index (Phi) is 3.40. The number of rotatable bonds is 2. The van der Waals surface area contributed by atoms with Gasteiger partial charge in [-0.1, -0.05) is 0 Å². The molecule has 1 aromatic rings. The lowest BCUT2D eigenvalue weighted by molar-refractivity contribution is 0.0598. The SMILES string of the molecule is COc1ccc(C(=O)N2CC3CNCC3C2(C)C)c(F)c1. The van der Waals surface area contributed by atoms with Crippen molar-refractivity contribution >= 4 is 5.91 Å². The molecule has 0 saturated carbocycles. The topological polar surface area (TPSA) is 41.6 Å². The predicted molar refractivity (Wildman–Crippen MR) is 77.9 cm³/mol. The van der Waals surface area contributed by atoms with Crippen LogP contribution in [0.1, 0.15) is 24.2 Å². The highest BCUT2D eigenvalue weighted by Crippen LogP contribution is 2.41. The van der Waals surface area contributed by atoms with E-state index in [4.69, 9.17) is 4.74 Å². The van der Waals surface area contributed by atoms with Crippen LogP contribution in [0.5, 0.6) is 5.75 Å². The van der Waals surface area contributed by atoms with Crippen LogP contribution in [0.4, 0.5) is 4.39 Å². The highest BCUT2D eigenvalue weighted by molar-refractivity contribution is 5.95. The van der Waals surface area contributed by atoms with E-state index in [1.165, 1.54) is 19.2 Å². The lowest BCUT2D eigenvalue weighted by Gasteiger charge is -2.35. The zero-order valence-electron chi connectivity index (χ0n) is 12.6. The van der Waals surface area contributed by atoms with Gasteiger partial charge in [-0.05, 0) is 37.8 Å². The van der Waals surface area contributed by atoms with Crippen LogP contribution < -0.4 is 10.1 Å². The number of benzene rings is 1. The Bertz CT molecular complexity index is 573. The minimum Gasteiger partial charge on any atom is -0.497 e. The number of methoxy groups -OCH3 is 1. The summed E-state index contributed by atoms with van der Waals surface area (Å²) in [7, 11) is 1.48. The van der Waals surface area contributed by atoms with Crippen molar-refractivity contribution < 1.29 is 13.9 Å². The second-order valence-corrected chi connectivity index (χ2v) is 6.44. The summed E-state index contributed by atoms with van der Waals surface area (Å²) in [5.74, 6) is 0.568. The third-order valence-electron chi connectivity index (χ3n) is 5.01. The highest BCUT2D eigenvalue weighted by atomic mass is 19.1. The number of amides is 1. The van der Waals surface area contributed by atoms with Crippen LogP contribution >= 0.6 is 0 Å². The molecule has 5 heteroatoms. The molecule has 3 rings (SSSR count). The van der Waals surface area contributed by atoms with E-state index in [1.807, 2.05) is 4.90 Å². The minimum absolute atomic E-state index is 0.122. The van der Waals surface area contributed by atoms with Crippen LogP contribution in [0.2, 0.25) is 0 Å². The number of ether oxygens (including phenoxy) is 1. The van der Waals surface area contributed by atoms with Crippen molar-refractivity contribution in [3.05, 3.63) is 29.6 Å². The molecule has 1 N–H and O–H groups in total. The quantitative estimate of drug-likeness (QED) is 0.905. The van der Waals surface area contributed by atoms with Gasteiger partial charge in [-0.2, -0.15) is 0 Å². The molecule has 2 unspecified atom stereocenters. The Morgan fingerprint density at radius 3 is 2.81 bits per heavy atom. The second-order valence-electron chi connectivity index (χ2n) is 6.44. The van der Waals surface area contributed by atoms with Gasteiger partial charge in [0.05, 0.1) is 12.7 Å². The Morgan fingerprint density at radius 2 is 2.19 bits per heavy atom. The van der Waals surface area contributed by atoms with Crippen LogP contribution in [-0.4, -0.2) is 43.1 Å². The molecule has 2 saturated heterocycles. The number of halogens is 1. The smallest absolute Gasteiger partial charge is 0.257 e. The molecule has 2 fully saturated rings. The lowest BCUT2D eigenvalue weighted by Crippen LogP contribution is -2.47. The number of nitrogens with one attached hydrogen (secondary N) is 1. The maximum absolute atomic E-state index is 14.1.